The molecule has 0 aromatic heterocycles. The Hall–Kier alpha value is -1.20. The van der Waals surface area contributed by atoms with Gasteiger partial charge in [0.1, 0.15) is 11.5 Å². The second-order valence-electron chi connectivity index (χ2n) is 4.46. The molecule has 0 aliphatic carbocycles. The molecule has 0 heterocycles. The number of Topliss-reactive ketones (excluding diaryl/α,β-unsaturated/α-hetero) is 1. The Bertz CT molecular complexity index is 452. The maximum Gasteiger partial charge on any atom is 0.185 e. The molecule has 5 heteroatoms. The summed E-state index contributed by atoms with van der Waals surface area (Å²) in [6.45, 7) is 3.34. The van der Waals surface area contributed by atoms with Gasteiger partial charge in [0, 0.05) is 0 Å². The van der Waals surface area contributed by atoms with E-state index >= 15 is 0 Å². The van der Waals surface area contributed by atoms with Crippen LogP contribution in [0.15, 0.2) is 17.0 Å². The van der Waals surface area contributed by atoms with Gasteiger partial charge in [-0.1, -0.05) is 0 Å². The number of ether oxygens (including phenoxy) is 2. The standard InChI is InChI=1S/C13H19NO3S/c1-13(2,14)12(15)8-6-10(17-4)11(18-5)7-9(8)16-3/h6-7H,14H2,1-5H3. The van der Waals surface area contributed by atoms with E-state index in [0.717, 1.165) is 4.90 Å². The quantitative estimate of drug-likeness (QED) is 0.656. The molecule has 0 atom stereocenters. The highest BCUT2D eigenvalue weighted by Crippen LogP contribution is 2.35. The Morgan fingerprint density at radius 2 is 1.78 bits per heavy atom. The first-order valence-electron chi connectivity index (χ1n) is 5.48. The van der Waals surface area contributed by atoms with Crippen LogP contribution in [0.1, 0.15) is 24.2 Å². The van der Waals surface area contributed by atoms with Gasteiger partial charge in [0.15, 0.2) is 5.78 Å². The number of methoxy groups -OCH3 is 2. The number of benzene rings is 1. The number of rotatable bonds is 5. The van der Waals surface area contributed by atoms with Crippen LogP contribution in [0, 0.1) is 0 Å². The van der Waals surface area contributed by atoms with Gasteiger partial charge in [-0.05, 0) is 32.2 Å². The molecule has 1 aromatic carbocycles. The Kier molecular flexibility index (Phi) is 4.65. The molecule has 4 nitrogen and oxygen atoms in total. The van der Waals surface area contributed by atoms with Gasteiger partial charge >= 0.3 is 0 Å². The molecule has 1 aromatic rings. The van der Waals surface area contributed by atoms with Gasteiger partial charge in [-0.25, -0.2) is 0 Å². The van der Waals surface area contributed by atoms with E-state index in [2.05, 4.69) is 0 Å². The van der Waals surface area contributed by atoms with Crippen LogP contribution in [0.5, 0.6) is 11.5 Å². The van der Waals surface area contributed by atoms with Crippen LogP contribution in [0.4, 0.5) is 0 Å². The van der Waals surface area contributed by atoms with Crippen molar-refractivity contribution >= 4 is 17.5 Å². The zero-order chi connectivity index (χ0) is 13.9. The molecule has 0 saturated heterocycles. The zero-order valence-corrected chi connectivity index (χ0v) is 12.2. The van der Waals surface area contributed by atoms with Crippen molar-refractivity contribution in [2.24, 2.45) is 5.73 Å². The molecular formula is C13H19NO3S. The number of nitrogens with two attached hydrogens (primary N) is 1. The van der Waals surface area contributed by atoms with Crippen molar-refractivity contribution in [2.45, 2.75) is 24.3 Å². The normalized spacial score (nSPS) is 11.2. The van der Waals surface area contributed by atoms with Crippen molar-refractivity contribution in [3.63, 3.8) is 0 Å². The van der Waals surface area contributed by atoms with Crippen LogP contribution < -0.4 is 15.2 Å². The molecule has 0 aliphatic rings. The summed E-state index contributed by atoms with van der Waals surface area (Å²) in [6.07, 6.45) is 1.94. The molecule has 100 valence electrons. The van der Waals surface area contributed by atoms with E-state index in [-0.39, 0.29) is 5.78 Å². The number of hydrogen-bond acceptors (Lipinski definition) is 5. The van der Waals surface area contributed by atoms with Crippen molar-refractivity contribution in [3.8, 4) is 11.5 Å². The first kappa shape index (κ1) is 14.9. The average molecular weight is 269 g/mol. The van der Waals surface area contributed by atoms with Crippen LogP contribution in [0.3, 0.4) is 0 Å². The highest BCUT2D eigenvalue weighted by atomic mass is 32.2. The summed E-state index contributed by atoms with van der Waals surface area (Å²) in [5, 5.41) is 0. The van der Waals surface area contributed by atoms with Crippen molar-refractivity contribution in [3.05, 3.63) is 17.7 Å². The number of hydrogen-bond donors (Lipinski definition) is 1. The number of carbonyl (C=O) groups excluding carboxylic acids is 1. The minimum atomic E-state index is -0.945. The molecule has 0 saturated carbocycles. The molecule has 0 unspecified atom stereocenters. The maximum absolute atomic E-state index is 12.2. The summed E-state index contributed by atoms with van der Waals surface area (Å²) >= 11 is 1.53. The third kappa shape index (κ3) is 2.97. The molecule has 18 heavy (non-hydrogen) atoms. The fraction of sp³-hybridized carbons (Fsp3) is 0.462. The van der Waals surface area contributed by atoms with Crippen LogP contribution in [-0.2, 0) is 0 Å². The summed E-state index contributed by atoms with van der Waals surface area (Å²) in [6, 6.07) is 3.48. The molecule has 0 spiro atoms. The fourth-order valence-electron chi connectivity index (χ4n) is 1.55. The SMILES string of the molecule is COc1cc(C(=O)C(C)(C)N)c(OC)cc1SC. The van der Waals surface area contributed by atoms with Gasteiger partial charge in [-0.2, -0.15) is 0 Å². The predicted molar refractivity (Wildman–Crippen MR) is 73.9 cm³/mol. The number of carbonyl (C=O) groups is 1. The maximum atomic E-state index is 12.2. The molecule has 0 radical (unpaired) electrons. The molecule has 1 rings (SSSR count). The van der Waals surface area contributed by atoms with Gasteiger partial charge in [-0.3, -0.25) is 4.79 Å². The third-order valence-electron chi connectivity index (χ3n) is 2.54. The van der Waals surface area contributed by atoms with E-state index < -0.39 is 5.54 Å². The lowest BCUT2D eigenvalue weighted by atomic mass is 9.93. The number of ketones is 1. The van der Waals surface area contributed by atoms with Gasteiger partial charge in [0.25, 0.3) is 0 Å². The highest BCUT2D eigenvalue weighted by Gasteiger charge is 2.27. The second kappa shape index (κ2) is 5.63. The molecule has 0 amide bonds. The van der Waals surface area contributed by atoms with Crippen LogP contribution in [0.2, 0.25) is 0 Å². The smallest absolute Gasteiger partial charge is 0.185 e. The number of thioether (sulfide) groups is 1. The lowest BCUT2D eigenvalue weighted by molar-refractivity contribution is 0.0910. The molecular weight excluding hydrogens is 250 g/mol. The van der Waals surface area contributed by atoms with E-state index in [9.17, 15) is 4.79 Å². The predicted octanol–water partition coefficient (Wildman–Crippen LogP) is 2.35. The first-order valence-corrected chi connectivity index (χ1v) is 6.71. The monoisotopic (exact) mass is 269 g/mol. The van der Waals surface area contributed by atoms with E-state index in [1.807, 2.05) is 6.26 Å². The molecule has 0 fully saturated rings. The molecule has 0 aliphatic heterocycles. The van der Waals surface area contributed by atoms with Crippen LogP contribution in [-0.4, -0.2) is 31.8 Å². The summed E-state index contributed by atoms with van der Waals surface area (Å²) < 4.78 is 10.5. The van der Waals surface area contributed by atoms with Crippen molar-refractivity contribution < 1.29 is 14.3 Å². The van der Waals surface area contributed by atoms with Crippen LogP contribution >= 0.6 is 11.8 Å². The summed E-state index contributed by atoms with van der Waals surface area (Å²) in [5.74, 6) is 0.991. The van der Waals surface area contributed by atoms with Gasteiger partial charge in [-0.15, -0.1) is 11.8 Å². The van der Waals surface area contributed by atoms with Gasteiger partial charge in [0.05, 0.1) is 30.2 Å². The van der Waals surface area contributed by atoms with E-state index in [0.29, 0.717) is 17.1 Å². The Labute approximate surface area is 112 Å². The van der Waals surface area contributed by atoms with Gasteiger partial charge in [0.2, 0.25) is 0 Å². The first-order chi connectivity index (χ1) is 8.35. The second-order valence-corrected chi connectivity index (χ2v) is 5.31. The van der Waals surface area contributed by atoms with Crippen molar-refractivity contribution in [1.29, 1.82) is 0 Å². The molecule has 0 bridgehead atoms. The fourth-order valence-corrected chi connectivity index (χ4v) is 2.12. The minimum absolute atomic E-state index is 0.176. The van der Waals surface area contributed by atoms with E-state index in [4.69, 9.17) is 15.2 Å². The van der Waals surface area contributed by atoms with Gasteiger partial charge < -0.3 is 15.2 Å². The van der Waals surface area contributed by atoms with Crippen molar-refractivity contribution in [2.75, 3.05) is 20.5 Å². The minimum Gasteiger partial charge on any atom is -0.496 e. The average Bonchev–Trinajstić information content (AvgIpc) is 2.34. The summed E-state index contributed by atoms with van der Waals surface area (Å²) in [4.78, 5) is 13.2. The summed E-state index contributed by atoms with van der Waals surface area (Å²) in [5.41, 5.74) is 5.34. The van der Waals surface area contributed by atoms with E-state index in [1.165, 1.54) is 18.9 Å². The lowest BCUT2D eigenvalue weighted by Crippen LogP contribution is -2.41. The van der Waals surface area contributed by atoms with E-state index in [1.54, 1.807) is 33.1 Å². The third-order valence-corrected chi connectivity index (χ3v) is 3.29. The lowest BCUT2D eigenvalue weighted by Gasteiger charge is -2.20. The zero-order valence-electron chi connectivity index (χ0n) is 11.4. The highest BCUT2D eigenvalue weighted by molar-refractivity contribution is 7.98. The topological polar surface area (TPSA) is 61.5 Å². The Balaban J connectivity index is 3.39. The largest absolute Gasteiger partial charge is 0.496 e. The Morgan fingerprint density at radius 1 is 1.22 bits per heavy atom. The summed E-state index contributed by atoms with van der Waals surface area (Å²) in [7, 11) is 3.11. The Morgan fingerprint density at radius 3 is 2.17 bits per heavy atom. The van der Waals surface area contributed by atoms with Crippen molar-refractivity contribution in [1.82, 2.24) is 0 Å². The molecule has 2 N–H and O–H groups in total. The van der Waals surface area contributed by atoms with Crippen LogP contribution in [0.25, 0.3) is 0 Å².